The van der Waals surface area contributed by atoms with E-state index in [-0.39, 0.29) is 30.3 Å². The number of carbonyl (C=O) groups is 3. The highest BCUT2D eigenvalue weighted by molar-refractivity contribution is 5.97. The Morgan fingerprint density at radius 3 is 2.44 bits per heavy atom. The van der Waals surface area contributed by atoms with E-state index in [9.17, 15) is 14.4 Å². The fourth-order valence-electron chi connectivity index (χ4n) is 4.21. The van der Waals surface area contributed by atoms with Crippen LogP contribution >= 0.6 is 0 Å². The number of amides is 1. The summed E-state index contributed by atoms with van der Waals surface area (Å²) in [5.41, 5.74) is 1.69. The highest BCUT2D eigenvalue weighted by atomic mass is 16.5. The molecule has 2 aromatic carbocycles. The molecule has 0 aliphatic carbocycles. The molecule has 1 aromatic heterocycles. The van der Waals surface area contributed by atoms with Crippen molar-refractivity contribution in [2.24, 2.45) is 5.92 Å². The van der Waals surface area contributed by atoms with Crippen LogP contribution < -0.4 is 9.64 Å². The molecule has 0 radical (unpaired) electrons. The van der Waals surface area contributed by atoms with Crippen molar-refractivity contribution in [3.63, 3.8) is 0 Å². The molecule has 1 saturated heterocycles. The van der Waals surface area contributed by atoms with Crippen LogP contribution in [-0.2, 0) is 25.7 Å². The lowest BCUT2D eigenvalue weighted by Crippen LogP contribution is -2.46. The zero-order valence-corrected chi connectivity index (χ0v) is 18.9. The Kier molecular flexibility index (Phi) is 6.96. The molecule has 2 heterocycles. The van der Waals surface area contributed by atoms with Crippen LogP contribution in [0.5, 0.6) is 5.75 Å². The zero-order valence-electron chi connectivity index (χ0n) is 18.9. The maximum absolute atomic E-state index is 13.3. The van der Waals surface area contributed by atoms with E-state index in [0.29, 0.717) is 17.9 Å². The van der Waals surface area contributed by atoms with Gasteiger partial charge >= 0.3 is 11.9 Å². The van der Waals surface area contributed by atoms with Crippen molar-refractivity contribution in [3.05, 3.63) is 83.8 Å². The van der Waals surface area contributed by atoms with Gasteiger partial charge in [0.1, 0.15) is 17.9 Å². The Hall–Kier alpha value is -4.07. The molecule has 0 bridgehead atoms. The molecule has 0 unspecified atom stereocenters. The van der Waals surface area contributed by atoms with Crippen LogP contribution in [0.1, 0.15) is 40.6 Å². The van der Waals surface area contributed by atoms with Crippen LogP contribution in [0.2, 0.25) is 0 Å². The van der Waals surface area contributed by atoms with Crippen LogP contribution in [0, 0.1) is 5.92 Å². The average molecular weight is 463 g/mol. The number of rotatable bonds is 7. The molecule has 2 atom stereocenters. The number of carbonyl (C=O) groups excluding carboxylic acids is 3. The van der Waals surface area contributed by atoms with Crippen molar-refractivity contribution >= 4 is 23.5 Å². The Balaban J connectivity index is 1.62. The minimum atomic E-state index is -0.612. The van der Waals surface area contributed by atoms with Gasteiger partial charge in [0, 0.05) is 12.1 Å². The number of piperidine rings is 1. The van der Waals surface area contributed by atoms with Gasteiger partial charge in [-0.25, -0.2) is 4.79 Å². The first kappa shape index (κ1) is 23.1. The molecule has 1 amide bonds. The van der Waals surface area contributed by atoms with Crippen molar-refractivity contribution < 1.29 is 33.0 Å². The predicted octanol–water partition coefficient (Wildman–Crippen LogP) is 4.30. The van der Waals surface area contributed by atoms with Gasteiger partial charge < -0.3 is 23.5 Å². The number of hydrogen-bond donors (Lipinski definition) is 0. The first-order chi connectivity index (χ1) is 16.5. The molecule has 176 valence electrons. The molecule has 0 spiro atoms. The van der Waals surface area contributed by atoms with Gasteiger partial charge in [0.05, 0.1) is 32.4 Å². The van der Waals surface area contributed by atoms with Gasteiger partial charge in [-0.15, -0.1) is 0 Å². The molecule has 34 heavy (non-hydrogen) atoms. The minimum absolute atomic E-state index is 0.0814. The Bertz CT molecular complexity index is 1150. The SMILES string of the molecule is COC(=O)c1ccoc1COC(=O)[C@H]1CCC(=O)N(c2ccc(OC)cc2)[C@H]1c1ccccc1. The second-order valence-electron chi connectivity index (χ2n) is 7.82. The first-order valence-corrected chi connectivity index (χ1v) is 10.9. The van der Waals surface area contributed by atoms with Gasteiger partial charge in [0.2, 0.25) is 5.91 Å². The molecule has 1 aliphatic rings. The van der Waals surface area contributed by atoms with E-state index >= 15 is 0 Å². The third-order valence-corrected chi connectivity index (χ3v) is 5.89. The van der Waals surface area contributed by atoms with Gasteiger partial charge in [0.15, 0.2) is 5.76 Å². The van der Waals surface area contributed by atoms with Crippen LogP contribution in [0.4, 0.5) is 5.69 Å². The summed E-state index contributed by atoms with van der Waals surface area (Å²) in [4.78, 5) is 39.9. The van der Waals surface area contributed by atoms with Crippen molar-refractivity contribution in [1.29, 1.82) is 0 Å². The molecule has 0 N–H and O–H groups in total. The Morgan fingerprint density at radius 1 is 1.03 bits per heavy atom. The molecular weight excluding hydrogens is 438 g/mol. The minimum Gasteiger partial charge on any atom is -0.497 e. The van der Waals surface area contributed by atoms with Crippen molar-refractivity contribution in [3.8, 4) is 5.75 Å². The summed E-state index contributed by atoms with van der Waals surface area (Å²) in [6.45, 7) is -0.218. The van der Waals surface area contributed by atoms with Crippen LogP contribution in [0.15, 0.2) is 71.3 Å². The summed E-state index contributed by atoms with van der Waals surface area (Å²) < 4.78 is 20.9. The third kappa shape index (κ3) is 4.66. The summed E-state index contributed by atoms with van der Waals surface area (Å²) in [5.74, 6) is -0.876. The molecule has 1 fully saturated rings. The smallest absolute Gasteiger partial charge is 0.341 e. The molecule has 4 rings (SSSR count). The molecule has 1 aliphatic heterocycles. The fraction of sp³-hybridized carbons (Fsp3) is 0.269. The number of esters is 2. The van der Waals surface area contributed by atoms with Crippen molar-refractivity contribution in [2.45, 2.75) is 25.5 Å². The maximum atomic E-state index is 13.3. The summed E-state index contributed by atoms with van der Waals surface area (Å²) in [7, 11) is 2.84. The first-order valence-electron chi connectivity index (χ1n) is 10.9. The van der Waals surface area contributed by atoms with E-state index in [1.54, 1.807) is 36.3 Å². The topological polar surface area (TPSA) is 95.3 Å². The Morgan fingerprint density at radius 2 is 1.76 bits per heavy atom. The van der Waals surface area contributed by atoms with Gasteiger partial charge in [-0.05, 0) is 42.3 Å². The van der Waals surface area contributed by atoms with E-state index in [2.05, 4.69) is 0 Å². The predicted molar refractivity (Wildman–Crippen MR) is 122 cm³/mol. The van der Waals surface area contributed by atoms with E-state index in [4.69, 9.17) is 18.6 Å². The number of furan rings is 1. The van der Waals surface area contributed by atoms with Gasteiger partial charge in [0.25, 0.3) is 0 Å². The lowest BCUT2D eigenvalue weighted by molar-refractivity contribution is -0.152. The third-order valence-electron chi connectivity index (χ3n) is 5.89. The summed E-state index contributed by atoms with van der Waals surface area (Å²) >= 11 is 0. The highest BCUT2D eigenvalue weighted by Crippen LogP contribution is 2.41. The van der Waals surface area contributed by atoms with E-state index < -0.39 is 23.9 Å². The molecular formula is C26H25NO7. The summed E-state index contributed by atoms with van der Waals surface area (Å²) in [6, 6.07) is 17.5. The maximum Gasteiger partial charge on any atom is 0.341 e. The Labute approximate surface area is 197 Å². The number of anilines is 1. The van der Waals surface area contributed by atoms with Crippen LogP contribution in [0.3, 0.4) is 0 Å². The monoisotopic (exact) mass is 463 g/mol. The average Bonchev–Trinajstić information content (AvgIpc) is 3.36. The second-order valence-corrected chi connectivity index (χ2v) is 7.82. The number of ether oxygens (including phenoxy) is 3. The number of nitrogens with zero attached hydrogens (tertiary/aromatic N) is 1. The molecule has 3 aromatic rings. The van der Waals surface area contributed by atoms with Gasteiger partial charge in [-0.3, -0.25) is 9.59 Å². The number of benzene rings is 2. The number of hydrogen-bond acceptors (Lipinski definition) is 7. The van der Waals surface area contributed by atoms with E-state index in [1.807, 2.05) is 30.3 Å². The van der Waals surface area contributed by atoms with Gasteiger partial charge in [-0.2, -0.15) is 0 Å². The normalized spacial score (nSPS) is 17.8. The van der Waals surface area contributed by atoms with E-state index in [0.717, 1.165) is 5.56 Å². The van der Waals surface area contributed by atoms with Crippen molar-refractivity contribution in [1.82, 2.24) is 0 Å². The van der Waals surface area contributed by atoms with Gasteiger partial charge in [-0.1, -0.05) is 30.3 Å². The van der Waals surface area contributed by atoms with Crippen LogP contribution in [0.25, 0.3) is 0 Å². The second kappa shape index (κ2) is 10.2. The quantitative estimate of drug-likeness (QED) is 0.482. The molecule has 8 nitrogen and oxygen atoms in total. The lowest BCUT2D eigenvalue weighted by atomic mass is 9.84. The lowest BCUT2D eigenvalue weighted by Gasteiger charge is -2.40. The van der Waals surface area contributed by atoms with Crippen LogP contribution in [-0.4, -0.2) is 32.1 Å². The summed E-state index contributed by atoms with van der Waals surface area (Å²) in [5, 5.41) is 0. The molecule has 8 heteroatoms. The molecule has 0 saturated carbocycles. The zero-order chi connectivity index (χ0) is 24.1. The van der Waals surface area contributed by atoms with Crippen molar-refractivity contribution in [2.75, 3.05) is 19.1 Å². The summed E-state index contributed by atoms with van der Waals surface area (Å²) in [6.07, 6.45) is 1.88. The largest absolute Gasteiger partial charge is 0.497 e. The standard InChI is InChI=1S/C26H25NO7/c1-31-19-10-8-18(9-11-19)27-23(28)13-12-21(24(27)17-6-4-3-5-7-17)26(30)34-16-22-20(14-15-33-22)25(29)32-2/h3-11,14-15,21,24H,12-13,16H2,1-2H3/t21-,24-/m0/s1. The van der Waals surface area contributed by atoms with E-state index in [1.165, 1.54) is 19.4 Å². The highest BCUT2D eigenvalue weighted by Gasteiger charge is 2.42. The number of methoxy groups -OCH3 is 2. The fourth-order valence-corrected chi connectivity index (χ4v) is 4.21.